The average Bonchev–Trinajstić information content (AvgIpc) is 3.25. The van der Waals surface area contributed by atoms with E-state index in [2.05, 4.69) is 10.6 Å². The van der Waals surface area contributed by atoms with Crippen LogP contribution in [-0.4, -0.2) is 24.4 Å². The smallest absolute Gasteiger partial charge is 0.242 e. The molecule has 6 heteroatoms. The maximum atomic E-state index is 12.1. The van der Waals surface area contributed by atoms with Crippen LogP contribution in [0, 0.1) is 0 Å². The molecule has 1 atom stereocenters. The molecule has 0 radical (unpaired) electrons. The number of rotatable bonds is 6. The molecule has 1 saturated heterocycles. The summed E-state index contributed by atoms with van der Waals surface area (Å²) >= 11 is 1.63. The van der Waals surface area contributed by atoms with Crippen molar-refractivity contribution in [1.29, 1.82) is 0 Å². The van der Waals surface area contributed by atoms with E-state index < -0.39 is 0 Å². The largest absolute Gasteiger partial charge is 0.374 e. The van der Waals surface area contributed by atoms with E-state index in [0.29, 0.717) is 13.0 Å². The molecule has 0 saturated carbocycles. The Hall–Kier alpha value is -2.34. The fraction of sp³-hybridized carbons (Fsp3) is 0.333. The summed E-state index contributed by atoms with van der Waals surface area (Å²) in [5, 5.41) is 8.11. The predicted octanol–water partition coefficient (Wildman–Crippen LogP) is 2.99. The number of nitrogens with zero attached hydrogens (tertiary/aromatic N) is 1. The van der Waals surface area contributed by atoms with Crippen molar-refractivity contribution in [1.82, 2.24) is 5.32 Å². The first kappa shape index (κ1) is 16.5. The number of carbonyl (C=O) groups excluding carboxylic acids is 2. The van der Waals surface area contributed by atoms with E-state index in [1.165, 1.54) is 0 Å². The van der Waals surface area contributed by atoms with Crippen LogP contribution in [0.25, 0.3) is 0 Å². The summed E-state index contributed by atoms with van der Waals surface area (Å²) < 4.78 is 0. The summed E-state index contributed by atoms with van der Waals surface area (Å²) in [6.07, 6.45) is 1.54. The van der Waals surface area contributed by atoms with Crippen LogP contribution < -0.4 is 15.5 Å². The highest BCUT2D eigenvalue weighted by molar-refractivity contribution is 7.09. The van der Waals surface area contributed by atoms with Crippen LogP contribution in [0.4, 0.5) is 11.4 Å². The van der Waals surface area contributed by atoms with E-state index in [9.17, 15) is 9.59 Å². The molecule has 1 aliphatic rings. The van der Waals surface area contributed by atoms with Crippen molar-refractivity contribution in [2.45, 2.75) is 32.4 Å². The van der Waals surface area contributed by atoms with Crippen molar-refractivity contribution in [3.05, 3.63) is 46.7 Å². The summed E-state index contributed by atoms with van der Waals surface area (Å²) in [5.74, 6) is 0.138. The molecule has 2 N–H and O–H groups in total. The second kappa shape index (κ2) is 7.49. The molecule has 1 fully saturated rings. The van der Waals surface area contributed by atoms with E-state index >= 15 is 0 Å². The number of nitrogens with one attached hydrogen (secondary N) is 2. The van der Waals surface area contributed by atoms with Crippen molar-refractivity contribution in [3.8, 4) is 0 Å². The Morgan fingerprint density at radius 1 is 1.29 bits per heavy atom. The van der Waals surface area contributed by atoms with E-state index in [1.54, 1.807) is 16.2 Å². The first-order valence-corrected chi connectivity index (χ1v) is 8.98. The zero-order chi connectivity index (χ0) is 16.9. The number of hydrogen-bond donors (Lipinski definition) is 2. The zero-order valence-corrected chi connectivity index (χ0v) is 14.4. The summed E-state index contributed by atoms with van der Waals surface area (Å²) in [7, 11) is 0. The second-order valence-electron chi connectivity index (χ2n) is 5.86. The molecule has 1 aliphatic heterocycles. The highest BCUT2D eigenvalue weighted by atomic mass is 32.1. The summed E-state index contributed by atoms with van der Waals surface area (Å²) in [4.78, 5) is 26.8. The van der Waals surface area contributed by atoms with Crippen LogP contribution >= 0.6 is 11.3 Å². The number of amides is 2. The maximum absolute atomic E-state index is 12.1. The van der Waals surface area contributed by atoms with E-state index in [4.69, 9.17) is 0 Å². The van der Waals surface area contributed by atoms with Gasteiger partial charge in [0.25, 0.3) is 0 Å². The molecule has 3 rings (SSSR count). The normalized spacial score (nSPS) is 15.4. The Kier molecular flexibility index (Phi) is 5.15. The van der Waals surface area contributed by atoms with Crippen LogP contribution in [0.15, 0.2) is 41.8 Å². The molecule has 1 aromatic heterocycles. The first-order chi connectivity index (χ1) is 11.6. The van der Waals surface area contributed by atoms with Gasteiger partial charge in [0, 0.05) is 29.2 Å². The molecule has 0 unspecified atom stereocenters. The molecule has 2 amide bonds. The van der Waals surface area contributed by atoms with Crippen molar-refractivity contribution in [2.24, 2.45) is 0 Å². The van der Waals surface area contributed by atoms with Gasteiger partial charge in [-0.2, -0.15) is 0 Å². The van der Waals surface area contributed by atoms with Crippen LogP contribution in [0.1, 0.15) is 24.6 Å². The lowest BCUT2D eigenvalue weighted by atomic mass is 10.2. The van der Waals surface area contributed by atoms with Gasteiger partial charge in [-0.1, -0.05) is 6.07 Å². The second-order valence-corrected chi connectivity index (χ2v) is 6.89. The Labute approximate surface area is 145 Å². The maximum Gasteiger partial charge on any atom is 0.242 e. The van der Waals surface area contributed by atoms with Gasteiger partial charge in [-0.25, -0.2) is 0 Å². The Morgan fingerprint density at radius 3 is 2.71 bits per heavy atom. The van der Waals surface area contributed by atoms with Gasteiger partial charge >= 0.3 is 0 Å². The predicted molar refractivity (Wildman–Crippen MR) is 97.3 cm³/mol. The van der Waals surface area contributed by atoms with Gasteiger partial charge in [-0.3, -0.25) is 9.59 Å². The van der Waals surface area contributed by atoms with Crippen molar-refractivity contribution >= 4 is 34.5 Å². The van der Waals surface area contributed by atoms with E-state index in [1.807, 2.05) is 48.7 Å². The SMILES string of the molecule is C[C@@H](Nc1ccc(N2CCCC2=O)cc1)C(=O)NCc1cccs1. The highest BCUT2D eigenvalue weighted by Gasteiger charge is 2.21. The van der Waals surface area contributed by atoms with Gasteiger partial charge in [0.05, 0.1) is 6.54 Å². The molecule has 2 aromatic rings. The third kappa shape index (κ3) is 3.94. The zero-order valence-electron chi connectivity index (χ0n) is 13.6. The highest BCUT2D eigenvalue weighted by Crippen LogP contribution is 2.23. The average molecular weight is 343 g/mol. The topological polar surface area (TPSA) is 61.4 Å². The van der Waals surface area contributed by atoms with Crippen LogP contribution in [0.5, 0.6) is 0 Å². The fourth-order valence-electron chi connectivity index (χ4n) is 2.71. The first-order valence-electron chi connectivity index (χ1n) is 8.10. The molecule has 126 valence electrons. The van der Waals surface area contributed by atoms with Crippen LogP contribution in [0.2, 0.25) is 0 Å². The number of carbonyl (C=O) groups is 2. The van der Waals surface area contributed by atoms with Gasteiger partial charge < -0.3 is 15.5 Å². The number of thiophene rings is 1. The summed E-state index contributed by atoms with van der Waals surface area (Å²) in [5.41, 5.74) is 1.78. The third-order valence-corrected chi connectivity index (χ3v) is 4.92. The Morgan fingerprint density at radius 2 is 2.08 bits per heavy atom. The molecule has 0 aliphatic carbocycles. The van der Waals surface area contributed by atoms with Gasteiger partial charge in [0.15, 0.2) is 0 Å². The minimum absolute atomic E-state index is 0.0396. The quantitative estimate of drug-likeness (QED) is 0.848. The number of anilines is 2. The minimum Gasteiger partial charge on any atom is -0.374 e. The molecule has 5 nitrogen and oxygen atoms in total. The lowest BCUT2D eigenvalue weighted by Crippen LogP contribution is -2.37. The lowest BCUT2D eigenvalue weighted by Gasteiger charge is -2.18. The third-order valence-electron chi connectivity index (χ3n) is 4.05. The van der Waals surface area contributed by atoms with Crippen LogP contribution in [-0.2, 0) is 16.1 Å². The molecule has 24 heavy (non-hydrogen) atoms. The standard InChI is InChI=1S/C18H21N3O2S/c1-13(18(23)19-12-16-4-3-11-24-16)20-14-6-8-15(9-7-14)21-10-2-5-17(21)22/h3-4,6-9,11,13,20H,2,5,10,12H2,1H3,(H,19,23)/t13-/m1/s1. The van der Waals surface area contributed by atoms with E-state index in [-0.39, 0.29) is 17.9 Å². The number of benzene rings is 1. The Balaban J connectivity index is 1.53. The molecule has 2 heterocycles. The summed E-state index contributed by atoms with van der Waals surface area (Å²) in [6.45, 7) is 3.17. The van der Waals surface area contributed by atoms with Crippen molar-refractivity contribution in [3.63, 3.8) is 0 Å². The van der Waals surface area contributed by atoms with Crippen molar-refractivity contribution in [2.75, 3.05) is 16.8 Å². The monoisotopic (exact) mass is 343 g/mol. The van der Waals surface area contributed by atoms with Gasteiger partial charge in [-0.05, 0) is 49.1 Å². The van der Waals surface area contributed by atoms with Crippen molar-refractivity contribution < 1.29 is 9.59 Å². The Bertz CT molecular complexity index is 698. The molecule has 0 bridgehead atoms. The minimum atomic E-state index is -0.329. The lowest BCUT2D eigenvalue weighted by molar-refractivity contribution is -0.121. The molecule has 1 aromatic carbocycles. The van der Waals surface area contributed by atoms with Gasteiger partial charge in [0.1, 0.15) is 6.04 Å². The molecular weight excluding hydrogens is 322 g/mol. The fourth-order valence-corrected chi connectivity index (χ4v) is 3.36. The van der Waals surface area contributed by atoms with Gasteiger partial charge in [-0.15, -0.1) is 11.3 Å². The van der Waals surface area contributed by atoms with E-state index in [0.717, 1.165) is 29.2 Å². The molecule has 0 spiro atoms. The summed E-state index contributed by atoms with van der Waals surface area (Å²) in [6, 6.07) is 11.3. The van der Waals surface area contributed by atoms with Gasteiger partial charge in [0.2, 0.25) is 11.8 Å². The van der Waals surface area contributed by atoms with Crippen LogP contribution in [0.3, 0.4) is 0 Å². The molecular formula is C18H21N3O2S. The number of hydrogen-bond acceptors (Lipinski definition) is 4.